The summed E-state index contributed by atoms with van der Waals surface area (Å²) in [5, 5.41) is 13.1. The first-order valence-electron chi connectivity index (χ1n) is 7.05. The molecule has 2 rings (SSSR count). The Morgan fingerprint density at radius 3 is 2.58 bits per heavy atom. The van der Waals surface area contributed by atoms with Crippen molar-refractivity contribution in [2.24, 2.45) is 0 Å². The van der Waals surface area contributed by atoms with E-state index in [1.165, 1.54) is 10.4 Å². The molecule has 0 atom stereocenters. The number of rotatable bonds is 7. The SMILES string of the molecule is CCC(CC)(CC)NCc1cn[nH]c1-c1cccs1. The fourth-order valence-corrected chi connectivity index (χ4v) is 3.24. The summed E-state index contributed by atoms with van der Waals surface area (Å²) in [6.07, 6.45) is 5.42. The van der Waals surface area contributed by atoms with Crippen molar-refractivity contribution < 1.29 is 0 Å². The van der Waals surface area contributed by atoms with E-state index in [9.17, 15) is 0 Å². The van der Waals surface area contributed by atoms with E-state index in [-0.39, 0.29) is 5.54 Å². The molecule has 0 aliphatic rings. The van der Waals surface area contributed by atoms with E-state index in [0.29, 0.717) is 0 Å². The van der Waals surface area contributed by atoms with Crippen LogP contribution in [0.2, 0.25) is 0 Å². The van der Waals surface area contributed by atoms with Crippen LogP contribution in [0, 0.1) is 0 Å². The molecule has 0 radical (unpaired) electrons. The van der Waals surface area contributed by atoms with Gasteiger partial charge in [0.15, 0.2) is 0 Å². The van der Waals surface area contributed by atoms with Gasteiger partial charge in [0.05, 0.1) is 16.8 Å². The van der Waals surface area contributed by atoms with Gasteiger partial charge in [-0.15, -0.1) is 11.3 Å². The summed E-state index contributed by atoms with van der Waals surface area (Å²) in [4.78, 5) is 1.25. The number of H-pyrrole nitrogens is 1. The molecule has 0 fully saturated rings. The molecule has 2 aromatic heterocycles. The first kappa shape index (κ1) is 14.3. The molecular formula is C15H23N3S. The van der Waals surface area contributed by atoms with Gasteiger partial charge >= 0.3 is 0 Å². The highest BCUT2D eigenvalue weighted by Crippen LogP contribution is 2.27. The maximum absolute atomic E-state index is 4.20. The Bertz CT molecular complexity index is 475. The Balaban J connectivity index is 2.10. The second-order valence-corrected chi connectivity index (χ2v) is 5.89. The van der Waals surface area contributed by atoms with Gasteiger partial charge in [-0.25, -0.2) is 0 Å². The first-order valence-corrected chi connectivity index (χ1v) is 7.93. The normalized spacial score (nSPS) is 11.9. The second-order valence-electron chi connectivity index (χ2n) is 4.94. The zero-order chi connectivity index (χ0) is 13.7. The van der Waals surface area contributed by atoms with E-state index < -0.39 is 0 Å². The highest BCUT2D eigenvalue weighted by Gasteiger charge is 2.23. The van der Waals surface area contributed by atoms with E-state index in [0.717, 1.165) is 31.5 Å². The standard InChI is InChI=1S/C15H23N3S/c1-4-15(5-2,6-3)16-10-12-11-17-18-14(12)13-8-7-9-19-13/h7-9,11,16H,4-6,10H2,1-3H3,(H,17,18). The zero-order valence-corrected chi connectivity index (χ0v) is 12.8. The summed E-state index contributed by atoms with van der Waals surface area (Å²) in [6.45, 7) is 7.65. The fraction of sp³-hybridized carbons (Fsp3) is 0.533. The van der Waals surface area contributed by atoms with E-state index in [4.69, 9.17) is 0 Å². The molecule has 2 heterocycles. The average molecular weight is 277 g/mol. The molecule has 2 aromatic rings. The van der Waals surface area contributed by atoms with Crippen molar-refractivity contribution in [1.29, 1.82) is 0 Å². The van der Waals surface area contributed by atoms with Crippen LogP contribution in [0.1, 0.15) is 45.6 Å². The van der Waals surface area contributed by atoms with Gasteiger partial charge in [-0.05, 0) is 30.7 Å². The van der Waals surface area contributed by atoms with Crippen molar-refractivity contribution in [2.75, 3.05) is 0 Å². The minimum Gasteiger partial charge on any atom is -0.307 e. The number of aromatic nitrogens is 2. The number of aromatic amines is 1. The predicted octanol–water partition coefficient (Wildman–Crippen LogP) is 4.20. The number of hydrogen-bond donors (Lipinski definition) is 2. The largest absolute Gasteiger partial charge is 0.307 e. The molecule has 0 aliphatic carbocycles. The van der Waals surface area contributed by atoms with Gasteiger partial charge in [0.25, 0.3) is 0 Å². The minimum absolute atomic E-state index is 0.254. The molecule has 0 spiro atoms. The Morgan fingerprint density at radius 1 is 1.26 bits per heavy atom. The van der Waals surface area contributed by atoms with Crippen LogP contribution in [0.3, 0.4) is 0 Å². The van der Waals surface area contributed by atoms with E-state index in [1.54, 1.807) is 11.3 Å². The average Bonchev–Trinajstić information content (AvgIpc) is 3.11. The number of nitrogens with zero attached hydrogens (tertiary/aromatic N) is 1. The summed E-state index contributed by atoms with van der Waals surface area (Å²) >= 11 is 1.75. The third kappa shape index (κ3) is 3.07. The molecule has 0 saturated carbocycles. The molecule has 104 valence electrons. The lowest BCUT2D eigenvalue weighted by atomic mass is 9.89. The molecule has 3 nitrogen and oxygen atoms in total. The quantitative estimate of drug-likeness (QED) is 0.796. The van der Waals surface area contributed by atoms with E-state index in [2.05, 4.69) is 53.8 Å². The van der Waals surface area contributed by atoms with Gasteiger partial charge in [0.2, 0.25) is 0 Å². The van der Waals surface area contributed by atoms with Gasteiger partial charge in [-0.1, -0.05) is 26.8 Å². The molecule has 0 aromatic carbocycles. The van der Waals surface area contributed by atoms with Crippen LogP contribution in [-0.4, -0.2) is 15.7 Å². The summed E-state index contributed by atoms with van der Waals surface area (Å²) in [6, 6.07) is 4.21. The Kier molecular flexibility index (Phi) is 4.77. The third-order valence-corrected chi connectivity index (χ3v) is 5.06. The van der Waals surface area contributed by atoms with Crippen molar-refractivity contribution in [3.63, 3.8) is 0 Å². The number of thiophene rings is 1. The van der Waals surface area contributed by atoms with Crippen molar-refractivity contribution in [3.05, 3.63) is 29.3 Å². The lowest BCUT2D eigenvalue weighted by Gasteiger charge is -2.32. The van der Waals surface area contributed by atoms with Gasteiger partial charge in [0.1, 0.15) is 0 Å². The van der Waals surface area contributed by atoms with Gasteiger partial charge in [0, 0.05) is 17.6 Å². The molecule has 19 heavy (non-hydrogen) atoms. The van der Waals surface area contributed by atoms with E-state index >= 15 is 0 Å². The smallest absolute Gasteiger partial charge is 0.0794 e. The molecule has 0 aliphatic heterocycles. The van der Waals surface area contributed by atoms with Gasteiger partial charge < -0.3 is 5.32 Å². The van der Waals surface area contributed by atoms with Crippen LogP contribution >= 0.6 is 11.3 Å². The maximum atomic E-state index is 4.20. The Labute approximate surface area is 119 Å². The molecule has 0 amide bonds. The van der Waals surface area contributed by atoms with Crippen LogP contribution in [0.4, 0.5) is 0 Å². The second kappa shape index (κ2) is 6.35. The molecule has 0 saturated heterocycles. The van der Waals surface area contributed by atoms with E-state index in [1.807, 2.05) is 6.20 Å². The van der Waals surface area contributed by atoms with Crippen LogP contribution in [0.25, 0.3) is 10.6 Å². The Morgan fingerprint density at radius 2 is 2.00 bits per heavy atom. The summed E-state index contributed by atoms with van der Waals surface area (Å²) in [5.41, 5.74) is 2.66. The summed E-state index contributed by atoms with van der Waals surface area (Å²) < 4.78 is 0. The monoisotopic (exact) mass is 277 g/mol. The maximum Gasteiger partial charge on any atom is 0.0794 e. The molecule has 4 heteroatoms. The molecular weight excluding hydrogens is 254 g/mol. The van der Waals surface area contributed by atoms with Crippen LogP contribution in [0.15, 0.2) is 23.7 Å². The summed E-state index contributed by atoms with van der Waals surface area (Å²) in [7, 11) is 0. The Hall–Kier alpha value is -1.13. The van der Waals surface area contributed by atoms with Crippen molar-refractivity contribution in [1.82, 2.24) is 15.5 Å². The van der Waals surface area contributed by atoms with Crippen molar-refractivity contribution in [2.45, 2.75) is 52.1 Å². The van der Waals surface area contributed by atoms with Crippen molar-refractivity contribution >= 4 is 11.3 Å². The number of nitrogens with one attached hydrogen (secondary N) is 2. The lowest BCUT2D eigenvalue weighted by Crippen LogP contribution is -2.43. The zero-order valence-electron chi connectivity index (χ0n) is 12.0. The van der Waals surface area contributed by atoms with Crippen LogP contribution < -0.4 is 5.32 Å². The van der Waals surface area contributed by atoms with Crippen LogP contribution in [0.5, 0.6) is 0 Å². The highest BCUT2D eigenvalue weighted by atomic mass is 32.1. The topological polar surface area (TPSA) is 40.7 Å². The highest BCUT2D eigenvalue weighted by molar-refractivity contribution is 7.13. The molecule has 0 unspecified atom stereocenters. The molecule has 2 N–H and O–H groups in total. The van der Waals surface area contributed by atoms with Crippen molar-refractivity contribution in [3.8, 4) is 10.6 Å². The fourth-order valence-electron chi connectivity index (χ4n) is 2.49. The molecule has 0 bridgehead atoms. The van der Waals surface area contributed by atoms with Gasteiger partial charge in [-0.3, -0.25) is 5.10 Å². The number of hydrogen-bond acceptors (Lipinski definition) is 3. The minimum atomic E-state index is 0.254. The lowest BCUT2D eigenvalue weighted by molar-refractivity contribution is 0.288. The third-order valence-electron chi connectivity index (χ3n) is 4.17. The summed E-state index contributed by atoms with van der Waals surface area (Å²) in [5.74, 6) is 0. The van der Waals surface area contributed by atoms with Gasteiger partial charge in [-0.2, -0.15) is 5.10 Å². The first-order chi connectivity index (χ1) is 9.24. The van der Waals surface area contributed by atoms with Crippen LogP contribution in [-0.2, 0) is 6.54 Å². The predicted molar refractivity (Wildman–Crippen MR) is 82.3 cm³/mol.